The largest absolute Gasteiger partial charge is 0.469 e. The van der Waals surface area contributed by atoms with Gasteiger partial charge in [0.25, 0.3) is 0 Å². The molecule has 1 aromatic carbocycles. The van der Waals surface area contributed by atoms with Crippen LogP contribution in [0, 0.1) is 17.1 Å². The van der Waals surface area contributed by atoms with Gasteiger partial charge in [0, 0.05) is 16.3 Å². The normalized spacial score (nSPS) is 9.95. The number of nitriles is 1. The summed E-state index contributed by atoms with van der Waals surface area (Å²) in [6.07, 6.45) is 0.241. The summed E-state index contributed by atoms with van der Waals surface area (Å²) >= 11 is 1.47. The van der Waals surface area contributed by atoms with Gasteiger partial charge in [-0.3, -0.25) is 4.79 Å². The lowest BCUT2D eigenvalue weighted by molar-refractivity contribution is -0.139. The molecule has 0 unspecified atom stereocenters. The quantitative estimate of drug-likeness (QED) is 0.862. The van der Waals surface area contributed by atoms with Gasteiger partial charge < -0.3 is 10.1 Å². The Morgan fingerprint density at radius 3 is 2.86 bits per heavy atom. The van der Waals surface area contributed by atoms with Crippen molar-refractivity contribution in [2.45, 2.75) is 13.0 Å². The predicted molar refractivity (Wildman–Crippen MR) is 78.5 cm³/mol. The zero-order chi connectivity index (χ0) is 15.2. The van der Waals surface area contributed by atoms with Crippen molar-refractivity contribution >= 4 is 23.0 Å². The van der Waals surface area contributed by atoms with Crippen LogP contribution in [0.25, 0.3) is 0 Å². The van der Waals surface area contributed by atoms with Crippen LogP contribution in [-0.4, -0.2) is 13.1 Å². The first kappa shape index (κ1) is 15.0. The highest BCUT2D eigenvalue weighted by Crippen LogP contribution is 2.22. The number of hydrogen-bond donors (Lipinski definition) is 1. The lowest BCUT2D eigenvalue weighted by Gasteiger charge is -2.07. The molecule has 0 radical (unpaired) electrons. The van der Waals surface area contributed by atoms with E-state index in [1.54, 1.807) is 12.1 Å². The fourth-order valence-corrected chi connectivity index (χ4v) is 2.74. The number of methoxy groups -OCH3 is 1. The molecule has 0 aliphatic carbocycles. The van der Waals surface area contributed by atoms with Crippen LogP contribution < -0.4 is 5.32 Å². The molecule has 0 saturated carbocycles. The highest BCUT2D eigenvalue weighted by Gasteiger charge is 2.09. The van der Waals surface area contributed by atoms with Crippen molar-refractivity contribution in [2.24, 2.45) is 0 Å². The average Bonchev–Trinajstić information content (AvgIpc) is 2.92. The summed E-state index contributed by atoms with van der Waals surface area (Å²) in [6, 6.07) is 10.1. The second-order valence-corrected chi connectivity index (χ2v) is 5.50. The van der Waals surface area contributed by atoms with Gasteiger partial charge >= 0.3 is 5.97 Å². The number of nitrogens with zero attached hydrogens (tertiary/aromatic N) is 1. The second kappa shape index (κ2) is 6.86. The number of carbonyl (C=O) groups is 1. The zero-order valence-electron chi connectivity index (χ0n) is 11.4. The number of ether oxygens (including phenoxy) is 1. The van der Waals surface area contributed by atoms with Gasteiger partial charge in [-0.1, -0.05) is 6.07 Å². The summed E-state index contributed by atoms with van der Waals surface area (Å²) in [4.78, 5) is 13.1. The van der Waals surface area contributed by atoms with E-state index in [9.17, 15) is 9.18 Å². The van der Waals surface area contributed by atoms with E-state index in [1.807, 2.05) is 18.2 Å². The van der Waals surface area contributed by atoms with E-state index >= 15 is 0 Å². The molecule has 0 fully saturated rings. The SMILES string of the molecule is COC(=O)Cc1ccc(CNc2cccc(F)c2C#N)s1. The van der Waals surface area contributed by atoms with E-state index in [1.165, 1.54) is 24.5 Å². The van der Waals surface area contributed by atoms with E-state index in [-0.39, 0.29) is 18.0 Å². The van der Waals surface area contributed by atoms with E-state index in [0.29, 0.717) is 12.2 Å². The maximum Gasteiger partial charge on any atom is 0.310 e. The Balaban J connectivity index is 2.03. The van der Waals surface area contributed by atoms with Crippen molar-refractivity contribution in [3.63, 3.8) is 0 Å². The Hall–Kier alpha value is -2.39. The summed E-state index contributed by atoms with van der Waals surface area (Å²) in [5, 5.41) is 12.0. The summed E-state index contributed by atoms with van der Waals surface area (Å²) < 4.78 is 18.1. The fraction of sp³-hybridized carbons (Fsp3) is 0.200. The topological polar surface area (TPSA) is 62.1 Å². The van der Waals surface area contributed by atoms with Crippen molar-refractivity contribution in [1.29, 1.82) is 5.26 Å². The third-order valence-corrected chi connectivity index (χ3v) is 3.93. The summed E-state index contributed by atoms with van der Waals surface area (Å²) in [6.45, 7) is 0.462. The molecular weight excluding hydrogens is 291 g/mol. The fourth-order valence-electron chi connectivity index (χ4n) is 1.79. The number of halogens is 1. The standard InChI is InChI=1S/C15H13FN2O2S/c1-20-15(19)7-10-5-6-11(21-10)9-18-14-4-2-3-13(16)12(14)8-17/h2-6,18H,7,9H2,1H3. The van der Waals surface area contributed by atoms with Gasteiger partial charge in [0.15, 0.2) is 0 Å². The molecular formula is C15H13FN2O2S. The number of hydrogen-bond acceptors (Lipinski definition) is 5. The van der Waals surface area contributed by atoms with Gasteiger partial charge in [-0.25, -0.2) is 4.39 Å². The van der Waals surface area contributed by atoms with E-state index in [0.717, 1.165) is 9.75 Å². The molecule has 0 amide bonds. The minimum absolute atomic E-state index is 0.00356. The van der Waals surface area contributed by atoms with Crippen LogP contribution in [0.5, 0.6) is 0 Å². The molecule has 2 rings (SSSR count). The molecule has 0 bridgehead atoms. The van der Waals surface area contributed by atoms with Gasteiger partial charge in [-0.15, -0.1) is 11.3 Å². The average molecular weight is 304 g/mol. The minimum atomic E-state index is -0.542. The summed E-state index contributed by atoms with van der Waals surface area (Å²) in [5.41, 5.74) is 0.462. The highest BCUT2D eigenvalue weighted by molar-refractivity contribution is 7.12. The Labute approximate surface area is 125 Å². The van der Waals surface area contributed by atoms with E-state index < -0.39 is 5.82 Å². The molecule has 2 aromatic rings. The first-order valence-electron chi connectivity index (χ1n) is 6.21. The third kappa shape index (κ3) is 3.80. The molecule has 0 aliphatic rings. The molecule has 0 atom stereocenters. The lowest BCUT2D eigenvalue weighted by Crippen LogP contribution is -2.02. The monoisotopic (exact) mass is 304 g/mol. The van der Waals surface area contributed by atoms with Crippen molar-refractivity contribution in [1.82, 2.24) is 0 Å². The molecule has 4 nitrogen and oxygen atoms in total. The maximum absolute atomic E-state index is 13.5. The number of nitrogens with one attached hydrogen (secondary N) is 1. The van der Waals surface area contributed by atoms with Gasteiger partial charge in [-0.05, 0) is 24.3 Å². The Bertz CT molecular complexity index is 691. The number of carbonyl (C=O) groups excluding carboxylic acids is 1. The Kier molecular flexibility index (Phi) is 4.90. The van der Waals surface area contributed by atoms with Crippen LogP contribution in [0.2, 0.25) is 0 Å². The molecule has 108 valence electrons. The van der Waals surface area contributed by atoms with Gasteiger partial charge in [0.2, 0.25) is 0 Å². The molecule has 21 heavy (non-hydrogen) atoms. The van der Waals surface area contributed by atoms with Crippen LogP contribution in [0.1, 0.15) is 15.3 Å². The first-order valence-corrected chi connectivity index (χ1v) is 7.02. The minimum Gasteiger partial charge on any atom is -0.469 e. The van der Waals surface area contributed by atoms with Crippen LogP contribution in [0.4, 0.5) is 10.1 Å². The van der Waals surface area contributed by atoms with Crippen LogP contribution in [0.15, 0.2) is 30.3 Å². The van der Waals surface area contributed by atoms with E-state index in [4.69, 9.17) is 5.26 Å². The maximum atomic E-state index is 13.5. The predicted octanol–water partition coefficient (Wildman–Crippen LogP) is 3.09. The molecule has 0 spiro atoms. The van der Waals surface area contributed by atoms with Gasteiger partial charge in [0.1, 0.15) is 17.4 Å². The van der Waals surface area contributed by atoms with Crippen molar-refractivity contribution < 1.29 is 13.9 Å². The highest BCUT2D eigenvalue weighted by atomic mass is 32.1. The number of esters is 1. The summed E-state index contributed by atoms with van der Waals surface area (Å²) in [7, 11) is 1.35. The first-order chi connectivity index (χ1) is 10.1. The Morgan fingerprint density at radius 1 is 1.38 bits per heavy atom. The van der Waals surface area contributed by atoms with Crippen molar-refractivity contribution in [3.8, 4) is 6.07 Å². The second-order valence-electron chi connectivity index (χ2n) is 4.25. The molecule has 0 saturated heterocycles. The number of thiophene rings is 1. The third-order valence-electron chi connectivity index (χ3n) is 2.84. The van der Waals surface area contributed by atoms with E-state index in [2.05, 4.69) is 10.1 Å². The Morgan fingerprint density at radius 2 is 2.14 bits per heavy atom. The number of anilines is 1. The number of rotatable bonds is 5. The molecule has 1 N–H and O–H groups in total. The van der Waals surface area contributed by atoms with Crippen LogP contribution >= 0.6 is 11.3 Å². The summed E-state index contributed by atoms with van der Waals surface area (Å²) in [5.74, 6) is -0.826. The number of benzene rings is 1. The van der Waals surface area contributed by atoms with Crippen LogP contribution in [-0.2, 0) is 22.5 Å². The van der Waals surface area contributed by atoms with Crippen molar-refractivity contribution in [3.05, 3.63) is 51.5 Å². The van der Waals surface area contributed by atoms with Crippen LogP contribution in [0.3, 0.4) is 0 Å². The molecule has 1 aromatic heterocycles. The lowest BCUT2D eigenvalue weighted by atomic mass is 10.2. The van der Waals surface area contributed by atoms with Gasteiger partial charge in [0.05, 0.1) is 19.2 Å². The zero-order valence-corrected chi connectivity index (χ0v) is 12.2. The molecule has 1 heterocycles. The molecule has 0 aliphatic heterocycles. The van der Waals surface area contributed by atoms with Gasteiger partial charge in [-0.2, -0.15) is 5.26 Å². The smallest absolute Gasteiger partial charge is 0.310 e. The van der Waals surface area contributed by atoms with Crippen molar-refractivity contribution in [2.75, 3.05) is 12.4 Å². The molecule has 6 heteroatoms.